The maximum Gasteiger partial charge on any atom is 0.0715 e. The minimum Gasteiger partial charge on any atom is -0.380 e. The Morgan fingerprint density at radius 1 is 1.27 bits per heavy atom. The van der Waals surface area contributed by atoms with Crippen molar-refractivity contribution in [2.75, 3.05) is 7.11 Å². The number of hydrogen-bond acceptors (Lipinski definition) is 1. The lowest BCUT2D eigenvalue weighted by atomic mass is 10.0. The molecule has 0 saturated heterocycles. The summed E-state index contributed by atoms with van der Waals surface area (Å²) in [4.78, 5) is 0. The first-order valence-electron chi connectivity index (χ1n) is 3.79. The molecule has 0 bridgehead atoms. The minimum absolute atomic E-state index is 0.716. The van der Waals surface area contributed by atoms with Crippen LogP contribution in [0.2, 0.25) is 0 Å². The van der Waals surface area contributed by atoms with Gasteiger partial charge < -0.3 is 4.74 Å². The van der Waals surface area contributed by atoms with Crippen LogP contribution in [0.3, 0.4) is 0 Å². The molecule has 1 heteroatoms. The molecule has 11 heavy (non-hydrogen) atoms. The van der Waals surface area contributed by atoms with Crippen LogP contribution < -0.4 is 0 Å². The number of rotatable bonds is 2. The molecule has 0 heterocycles. The molecular weight excluding hydrogens is 136 g/mol. The summed E-state index contributed by atoms with van der Waals surface area (Å²) >= 11 is 0. The van der Waals surface area contributed by atoms with Crippen LogP contribution in [-0.4, -0.2) is 7.11 Å². The summed E-state index contributed by atoms with van der Waals surface area (Å²) in [6.07, 6.45) is 0. The summed E-state index contributed by atoms with van der Waals surface area (Å²) in [6, 6.07) is 6.29. The van der Waals surface area contributed by atoms with E-state index in [4.69, 9.17) is 4.74 Å². The van der Waals surface area contributed by atoms with Crippen LogP contribution in [-0.2, 0) is 11.3 Å². The van der Waals surface area contributed by atoms with Crippen molar-refractivity contribution in [3.63, 3.8) is 0 Å². The monoisotopic (exact) mass is 150 g/mol. The van der Waals surface area contributed by atoms with E-state index in [1.165, 1.54) is 16.7 Å². The lowest BCUT2D eigenvalue weighted by molar-refractivity contribution is 0.184. The third kappa shape index (κ3) is 1.81. The molecule has 1 rings (SSSR count). The predicted molar refractivity (Wildman–Crippen MR) is 46.6 cm³/mol. The lowest BCUT2D eigenvalue weighted by Crippen LogP contribution is -1.93. The Labute approximate surface area is 68.0 Å². The number of hydrogen-bond donors (Lipinski definition) is 0. The van der Waals surface area contributed by atoms with Crippen molar-refractivity contribution in [2.24, 2.45) is 0 Å². The van der Waals surface area contributed by atoms with Gasteiger partial charge >= 0.3 is 0 Å². The van der Waals surface area contributed by atoms with Gasteiger partial charge in [0.05, 0.1) is 6.61 Å². The van der Waals surface area contributed by atoms with Crippen LogP contribution >= 0.6 is 0 Å². The van der Waals surface area contributed by atoms with E-state index < -0.39 is 0 Å². The van der Waals surface area contributed by atoms with E-state index in [0.29, 0.717) is 6.61 Å². The highest BCUT2D eigenvalue weighted by Crippen LogP contribution is 2.12. The minimum atomic E-state index is 0.716. The summed E-state index contributed by atoms with van der Waals surface area (Å²) in [5, 5.41) is 0. The first-order chi connectivity index (χ1) is 5.25. The predicted octanol–water partition coefficient (Wildman–Crippen LogP) is 2.45. The third-order valence-electron chi connectivity index (χ3n) is 2.02. The fourth-order valence-corrected chi connectivity index (χ4v) is 1.12. The van der Waals surface area contributed by atoms with Crippen molar-refractivity contribution >= 4 is 0 Å². The van der Waals surface area contributed by atoms with Crippen molar-refractivity contribution in [3.8, 4) is 0 Å². The maximum absolute atomic E-state index is 5.06. The van der Waals surface area contributed by atoms with Gasteiger partial charge in [0.15, 0.2) is 0 Å². The Bertz CT molecular complexity index is 241. The molecule has 0 aliphatic carbocycles. The second-order valence-electron chi connectivity index (χ2n) is 2.79. The van der Waals surface area contributed by atoms with E-state index in [9.17, 15) is 0 Å². The number of ether oxygens (including phenoxy) is 1. The Kier molecular flexibility index (Phi) is 2.66. The van der Waals surface area contributed by atoms with Gasteiger partial charge in [0.1, 0.15) is 0 Å². The van der Waals surface area contributed by atoms with Crippen LogP contribution in [0.5, 0.6) is 0 Å². The molecule has 60 valence electrons. The third-order valence-corrected chi connectivity index (χ3v) is 2.02. The summed E-state index contributed by atoms with van der Waals surface area (Å²) < 4.78 is 5.06. The molecule has 0 amide bonds. The molecule has 0 aliphatic heterocycles. The molecule has 0 saturated carbocycles. The van der Waals surface area contributed by atoms with Gasteiger partial charge in [0.2, 0.25) is 0 Å². The van der Waals surface area contributed by atoms with Crippen LogP contribution in [0.1, 0.15) is 16.7 Å². The summed E-state index contributed by atoms with van der Waals surface area (Å²) in [6.45, 7) is 4.96. The summed E-state index contributed by atoms with van der Waals surface area (Å²) in [5.74, 6) is 0. The molecule has 0 N–H and O–H groups in total. The molecule has 0 spiro atoms. The molecular formula is C10H14O. The van der Waals surface area contributed by atoms with Crippen LogP contribution in [0.4, 0.5) is 0 Å². The van der Waals surface area contributed by atoms with E-state index in [-0.39, 0.29) is 0 Å². The number of benzene rings is 1. The zero-order valence-electron chi connectivity index (χ0n) is 7.35. The van der Waals surface area contributed by atoms with Crippen molar-refractivity contribution < 1.29 is 4.74 Å². The first-order valence-corrected chi connectivity index (χ1v) is 3.79. The largest absolute Gasteiger partial charge is 0.380 e. The number of methoxy groups -OCH3 is 1. The van der Waals surface area contributed by atoms with Gasteiger partial charge in [-0.25, -0.2) is 0 Å². The van der Waals surface area contributed by atoms with Crippen molar-refractivity contribution in [1.29, 1.82) is 0 Å². The average molecular weight is 150 g/mol. The quantitative estimate of drug-likeness (QED) is 0.629. The topological polar surface area (TPSA) is 9.23 Å². The van der Waals surface area contributed by atoms with E-state index in [2.05, 4.69) is 32.0 Å². The molecule has 0 radical (unpaired) electrons. The molecule has 1 aromatic rings. The lowest BCUT2D eigenvalue weighted by Gasteiger charge is -2.06. The molecule has 1 aromatic carbocycles. The maximum atomic E-state index is 5.06. The zero-order valence-corrected chi connectivity index (χ0v) is 7.35. The first kappa shape index (κ1) is 8.28. The van der Waals surface area contributed by atoms with Crippen molar-refractivity contribution in [1.82, 2.24) is 0 Å². The average Bonchev–Trinajstić information content (AvgIpc) is 1.99. The van der Waals surface area contributed by atoms with E-state index >= 15 is 0 Å². The molecule has 0 aromatic heterocycles. The Morgan fingerprint density at radius 3 is 2.64 bits per heavy atom. The Morgan fingerprint density at radius 2 is 2.00 bits per heavy atom. The van der Waals surface area contributed by atoms with Crippen molar-refractivity contribution in [3.05, 3.63) is 34.9 Å². The second-order valence-corrected chi connectivity index (χ2v) is 2.79. The summed E-state index contributed by atoms with van der Waals surface area (Å²) in [5.41, 5.74) is 3.96. The van der Waals surface area contributed by atoms with Gasteiger partial charge in [-0.3, -0.25) is 0 Å². The molecule has 1 nitrogen and oxygen atoms in total. The van der Waals surface area contributed by atoms with E-state index in [1.807, 2.05) is 0 Å². The van der Waals surface area contributed by atoms with Crippen molar-refractivity contribution in [2.45, 2.75) is 20.5 Å². The van der Waals surface area contributed by atoms with Gasteiger partial charge in [-0.05, 0) is 30.5 Å². The van der Waals surface area contributed by atoms with Gasteiger partial charge in [-0.15, -0.1) is 0 Å². The fraction of sp³-hybridized carbons (Fsp3) is 0.400. The van der Waals surface area contributed by atoms with E-state index in [0.717, 1.165) is 0 Å². The Hall–Kier alpha value is -0.820. The Balaban J connectivity index is 2.96. The molecule has 0 aliphatic rings. The van der Waals surface area contributed by atoms with E-state index in [1.54, 1.807) is 7.11 Å². The van der Waals surface area contributed by atoms with Gasteiger partial charge in [-0.1, -0.05) is 18.2 Å². The van der Waals surface area contributed by atoms with Gasteiger partial charge in [0, 0.05) is 7.11 Å². The van der Waals surface area contributed by atoms with Crippen LogP contribution in [0.25, 0.3) is 0 Å². The molecule has 0 unspecified atom stereocenters. The van der Waals surface area contributed by atoms with Gasteiger partial charge in [-0.2, -0.15) is 0 Å². The highest BCUT2D eigenvalue weighted by Gasteiger charge is 1.98. The van der Waals surface area contributed by atoms with Gasteiger partial charge in [0.25, 0.3) is 0 Å². The van der Waals surface area contributed by atoms with Crippen LogP contribution in [0.15, 0.2) is 18.2 Å². The SMILES string of the molecule is COCc1cccc(C)c1C. The highest BCUT2D eigenvalue weighted by atomic mass is 16.5. The van der Waals surface area contributed by atoms with Crippen LogP contribution in [0, 0.1) is 13.8 Å². The smallest absolute Gasteiger partial charge is 0.0715 e. The zero-order chi connectivity index (χ0) is 8.27. The fourth-order valence-electron chi connectivity index (χ4n) is 1.12. The standard InChI is InChI=1S/C10H14O/c1-8-5-4-6-10(7-11-3)9(8)2/h4-6H,7H2,1-3H3. The molecule has 0 atom stereocenters. The molecule has 0 fully saturated rings. The second kappa shape index (κ2) is 3.54. The summed E-state index contributed by atoms with van der Waals surface area (Å²) in [7, 11) is 1.72. The highest BCUT2D eigenvalue weighted by molar-refractivity contribution is 5.32. The number of aryl methyl sites for hydroxylation is 1. The normalized spacial score (nSPS) is 10.1.